The summed E-state index contributed by atoms with van der Waals surface area (Å²) in [5.41, 5.74) is 3.76. The van der Waals surface area contributed by atoms with E-state index in [0.29, 0.717) is 16.6 Å². The number of nitrogens with zero attached hydrogens (tertiary/aromatic N) is 4. The Kier molecular flexibility index (Phi) is 5.66. The van der Waals surface area contributed by atoms with Gasteiger partial charge in [0, 0.05) is 30.4 Å². The van der Waals surface area contributed by atoms with Gasteiger partial charge in [0.05, 0.1) is 43.5 Å². The first-order valence-corrected chi connectivity index (χ1v) is 10.9. The molecule has 1 aromatic carbocycles. The first-order chi connectivity index (χ1) is 16.2. The Morgan fingerprint density at radius 3 is 2.61 bits per heavy atom. The molecule has 166 valence electrons. The molecule has 7 nitrogen and oxygen atoms in total. The standard InChI is InChI=1S/C25H23N5O2S/c1-31-18-10-11-20(22(15-18)32-2)30-24(23(28-25(30)33)19-8-3-4-13-27-19)21-9-6-14-29(21)17-7-5-12-26-16-17/h3-16,23-24H,1-2H3,(H,28,33). The molecule has 1 aliphatic rings. The van der Waals surface area contributed by atoms with Crippen molar-refractivity contribution in [2.24, 2.45) is 0 Å². The van der Waals surface area contributed by atoms with Crippen LogP contribution in [0.25, 0.3) is 5.69 Å². The highest BCUT2D eigenvalue weighted by Gasteiger charge is 2.43. The fourth-order valence-electron chi connectivity index (χ4n) is 4.27. The molecule has 5 rings (SSSR count). The van der Waals surface area contributed by atoms with Crippen LogP contribution in [0.15, 0.2) is 85.5 Å². The van der Waals surface area contributed by atoms with Crippen molar-refractivity contribution in [1.82, 2.24) is 19.9 Å². The van der Waals surface area contributed by atoms with E-state index in [2.05, 4.69) is 30.8 Å². The summed E-state index contributed by atoms with van der Waals surface area (Å²) in [7, 11) is 3.28. The van der Waals surface area contributed by atoms with Crippen molar-refractivity contribution in [3.63, 3.8) is 0 Å². The quantitative estimate of drug-likeness (QED) is 0.429. The maximum absolute atomic E-state index is 5.86. The molecular weight excluding hydrogens is 434 g/mol. The lowest BCUT2D eigenvalue weighted by atomic mass is 10.0. The third kappa shape index (κ3) is 3.78. The van der Waals surface area contributed by atoms with Crippen molar-refractivity contribution in [3.05, 3.63) is 96.8 Å². The fraction of sp³-hybridized carbons (Fsp3) is 0.160. The van der Waals surface area contributed by atoms with Gasteiger partial charge in [-0.2, -0.15) is 0 Å². The predicted octanol–water partition coefficient (Wildman–Crippen LogP) is 4.46. The number of benzene rings is 1. The van der Waals surface area contributed by atoms with Crippen LogP contribution in [0, 0.1) is 0 Å². The smallest absolute Gasteiger partial charge is 0.174 e. The van der Waals surface area contributed by atoms with Crippen LogP contribution in [0.4, 0.5) is 5.69 Å². The van der Waals surface area contributed by atoms with Crippen LogP contribution in [0.3, 0.4) is 0 Å². The van der Waals surface area contributed by atoms with Crippen LogP contribution in [-0.2, 0) is 0 Å². The number of thiocarbonyl (C=S) groups is 1. The molecule has 2 unspecified atom stereocenters. The molecule has 8 heteroatoms. The molecule has 0 bridgehead atoms. The topological polar surface area (TPSA) is 64.4 Å². The Bertz CT molecular complexity index is 1260. The molecule has 33 heavy (non-hydrogen) atoms. The number of hydrogen-bond donors (Lipinski definition) is 1. The SMILES string of the molecule is COc1ccc(N2C(=S)NC(c3ccccn3)C2c2cccn2-c2cccnc2)c(OC)c1. The zero-order valence-electron chi connectivity index (χ0n) is 18.3. The highest BCUT2D eigenvalue weighted by Crippen LogP contribution is 2.45. The lowest BCUT2D eigenvalue weighted by Gasteiger charge is -2.30. The van der Waals surface area contributed by atoms with Gasteiger partial charge in [-0.1, -0.05) is 6.07 Å². The van der Waals surface area contributed by atoms with Gasteiger partial charge in [0.15, 0.2) is 5.11 Å². The van der Waals surface area contributed by atoms with Crippen LogP contribution >= 0.6 is 12.2 Å². The fourth-order valence-corrected chi connectivity index (χ4v) is 4.60. The minimum absolute atomic E-state index is 0.171. The minimum atomic E-state index is -0.190. The molecule has 1 fully saturated rings. The van der Waals surface area contributed by atoms with E-state index in [-0.39, 0.29) is 12.1 Å². The van der Waals surface area contributed by atoms with Crippen molar-refractivity contribution in [1.29, 1.82) is 0 Å². The van der Waals surface area contributed by atoms with Crippen molar-refractivity contribution < 1.29 is 9.47 Å². The first-order valence-electron chi connectivity index (χ1n) is 10.5. The zero-order chi connectivity index (χ0) is 22.8. The average molecular weight is 458 g/mol. The molecule has 1 aliphatic heterocycles. The van der Waals surface area contributed by atoms with Gasteiger partial charge < -0.3 is 24.3 Å². The molecule has 1 N–H and O–H groups in total. The number of hydrogen-bond acceptors (Lipinski definition) is 5. The highest BCUT2D eigenvalue weighted by molar-refractivity contribution is 7.80. The molecule has 0 saturated carbocycles. The second kappa shape index (κ2) is 8.91. The number of pyridine rings is 2. The van der Waals surface area contributed by atoms with E-state index in [1.54, 1.807) is 26.6 Å². The Balaban J connectivity index is 1.69. The van der Waals surface area contributed by atoms with Crippen molar-refractivity contribution >= 4 is 23.0 Å². The summed E-state index contributed by atoms with van der Waals surface area (Å²) in [6.07, 6.45) is 7.45. The predicted molar refractivity (Wildman–Crippen MR) is 131 cm³/mol. The average Bonchev–Trinajstić information content (AvgIpc) is 3.49. The first kappa shape index (κ1) is 21.0. The molecule has 2 atom stereocenters. The molecular formula is C25H23N5O2S. The highest BCUT2D eigenvalue weighted by atomic mass is 32.1. The van der Waals surface area contributed by atoms with Gasteiger partial charge in [0.2, 0.25) is 0 Å². The minimum Gasteiger partial charge on any atom is -0.497 e. The maximum atomic E-state index is 5.86. The maximum Gasteiger partial charge on any atom is 0.174 e. The lowest BCUT2D eigenvalue weighted by molar-refractivity contribution is 0.394. The van der Waals surface area contributed by atoms with E-state index >= 15 is 0 Å². The molecule has 4 aromatic rings. The van der Waals surface area contributed by atoms with E-state index < -0.39 is 0 Å². The van der Waals surface area contributed by atoms with Crippen LogP contribution in [0.1, 0.15) is 23.5 Å². The van der Waals surface area contributed by atoms with Crippen molar-refractivity contribution in [2.45, 2.75) is 12.1 Å². The monoisotopic (exact) mass is 457 g/mol. The van der Waals surface area contributed by atoms with E-state index in [0.717, 1.165) is 22.8 Å². The van der Waals surface area contributed by atoms with Gasteiger partial charge in [-0.05, 0) is 60.7 Å². The summed E-state index contributed by atoms with van der Waals surface area (Å²) >= 11 is 5.86. The van der Waals surface area contributed by atoms with E-state index in [9.17, 15) is 0 Å². The number of ether oxygens (including phenoxy) is 2. The molecule has 4 heterocycles. The number of anilines is 1. The molecule has 0 spiro atoms. The third-order valence-electron chi connectivity index (χ3n) is 5.75. The van der Waals surface area contributed by atoms with Crippen LogP contribution < -0.4 is 19.7 Å². The van der Waals surface area contributed by atoms with E-state index in [4.69, 9.17) is 21.7 Å². The zero-order valence-corrected chi connectivity index (χ0v) is 19.1. The largest absolute Gasteiger partial charge is 0.497 e. The summed E-state index contributed by atoms with van der Waals surface area (Å²) in [5.74, 6) is 1.38. The van der Waals surface area contributed by atoms with Crippen LogP contribution in [-0.4, -0.2) is 33.9 Å². The van der Waals surface area contributed by atoms with Gasteiger partial charge in [-0.25, -0.2) is 0 Å². The summed E-state index contributed by atoms with van der Waals surface area (Å²) in [4.78, 5) is 11.0. The summed E-state index contributed by atoms with van der Waals surface area (Å²) in [6, 6.07) is 19.4. The van der Waals surface area contributed by atoms with Gasteiger partial charge in [-0.3, -0.25) is 9.97 Å². The molecule has 0 aliphatic carbocycles. The molecule has 1 saturated heterocycles. The third-order valence-corrected chi connectivity index (χ3v) is 6.07. The lowest BCUT2D eigenvalue weighted by Crippen LogP contribution is -2.30. The van der Waals surface area contributed by atoms with Crippen molar-refractivity contribution in [3.8, 4) is 17.2 Å². The normalized spacial score (nSPS) is 17.6. The number of methoxy groups -OCH3 is 2. The Labute approximate surface area is 197 Å². The number of nitrogens with one attached hydrogen (secondary N) is 1. The summed E-state index contributed by atoms with van der Waals surface area (Å²) in [6.45, 7) is 0. The van der Waals surface area contributed by atoms with Gasteiger partial charge in [0.25, 0.3) is 0 Å². The van der Waals surface area contributed by atoms with Gasteiger partial charge >= 0.3 is 0 Å². The van der Waals surface area contributed by atoms with Crippen molar-refractivity contribution in [2.75, 3.05) is 19.1 Å². The van der Waals surface area contributed by atoms with Crippen LogP contribution in [0.2, 0.25) is 0 Å². The van der Waals surface area contributed by atoms with Gasteiger partial charge in [-0.15, -0.1) is 0 Å². The molecule has 0 radical (unpaired) electrons. The van der Waals surface area contributed by atoms with E-state index in [1.807, 2.05) is 67.0 Å². The Hall–Kier alpha value is -3.91. The molecule has 3 aromatic heterocycles. The Morgan fingerprint density at radius 2 is 1.88 bits per heavy atom. The summed E-state index contributed by atoms with van der Waals surface area (Å²) in [5, 5.41) is 4.09. The van der Waals surface area contributed by atoms with E-state index in [1.165, 1.54) is 0 Å². The van der Waals surface area contributed by atoms with Crippen LogP contribution in [0.5, 0.6) is 11.5 Å². The van der Waals surface area contributed by atoms with Gasteiger partial charge in [0.1, 0.15) is 17.5 Å². The molecule has 0 amide bonds. The number of rotatable bonds is 6. The number of aromatic nitrogens is 3. The second-order valence-electron chi connectivity index (χ2n) is 7.55. The summed E-state index contributed by atoms with van der Waals surface area (Å²) < 4.78 is 13.3. The second-order valence-corrected chi connectivity index (χ2v) is 7.94. The Morgan fingerprint density at radius 1 is 0.970 bits per heavy atom.